The molecule has 0 aliphatic heterocycles. The van der Waals surface area contributed by atoms with Crippen LogP contribution in [0.15, 0.2) is 0 Å². The third kappa shape index (κ3) is 6.33. The number of unbranched alkanes of at least 4 members (excludes halogenated alkanes) is 10. The molecule has 2 saturated carbocycles. The minimum absolute atomic E-state index is 1.15. The molecule has 0 saturated heterocycles. The molecule has 124 valence electrons. The summed E-state index contributed by atoms with van der Waals surface area (Å²) in [4.78, 5) is 0. The Bertz CT molecular complexity index is 244. The van der Waals surface area contributed by atoms with E-state index in [1.54, 1.807) is 25.7 Å². The average molecular weight is 293 g/mol. The molecule has 3 atom stereocenters. The summed E-state index contributed by atoms with van der Waals surface area (Å²) in [5, 5.41) is 0. The van der Waals surface area contributed by atoms with E-state index in [9.17, 15) is 0 Å². The van der Waals surface area contributed by atoms with Gasteiger partial charge < -0.3 is 0 Å². The molecule has 0 amide bonds. The lowest BCUT2D eigenvalue weighted by Crippen LogP contribution is -2.38. The smallest absolute Gasteiger partial charge is 0.0357 e. The van der Waals surface area contributed by atoms with E-state index < -0.39 is 0 Å². The van der Waals surface area contributed by atoms with Crippen molar-refractivity contribution in [1.29, 1.82) is 0 Å². The molecule has 0 N–H and O–H groups in total. The predicted molar refractivity (Wildman–Crippen MR) is 94.6 cm³/mol. The molecule has 0 spiro atoms. The predicted octanol–water partition coefficient (Wildman–Crippen LogP) is 7.51. The van der Waals surface area contributed by atoms with E-state index in [-0.39, 0.29) is 0 Å². The van der Waals surface area contributed by atoms with E-state index in [4.69, 9.17) is 0 Å². The Hall–Kier alpha value is 0. The molecule has 2 fully saturated rings. The summed E-state index contributed by atoms with van der Waals surface area (Å²) < 4.78 is 0. The first-order valence-corrected chi connectivity index (χ1v) is 10.4. The Labute approximate surface area is 134 Å². The molecule has 0 aromatic rings. The van der Waals surface area contributed by atoms with Crippen LogP contribution >= 0.6 is 0 Å². The van der Waals surface area contributed by atoms with Crippen LogP contribution in [-0.2, 0) is 0 Å². The Kier molecular flexibility index (Phi) is 8.83. The standard InChI is InChI=1S/C21H40/c1-2-3-4-5-6-7-8-9-10-11-12-15-19-18-20-16-13-14-17-21(19)20/h19-21H,2-18H2,1H3. The molecule has 0 radical (unpaired) electrons. The Balaban J connectivity index is 1.31. The van der Waals surface area contributed by atoms with E-state index in [0.29, 0.717) is 0 Å². The Morgan fingerprint density at radius 1 is 0.667 bits per heavy atom. The fraction of sp³-hybridized carbons (Fsp3) is 1.00. The van der Waals surface area contributed by atoms with Gasteiger partial charge in [-0.1, -0.05) is 103 Å². The summed E-state index contributed by atoms with van der Waals surface area (Å²) in [7, 11) is 0. The van der Waals surface area contributed by atoms with Crippen LogP contribution in [0, 0.1) is 17.8 Å². The third-order valence-electron chi connectivity index (χ3n) is 6.36. The highest BCUT2D eigenvalue weighted by molar-refractivity contribution is 4.91. The van der Waals surface area contributed by atoms with Gasteiger partial charge in [-0.3, -0.25) is 0 Å². The maximum atomic E-state index is 2.30. The Morgan fingerprint density at radius 3 is 1.86 bits per heavy atom. The SMILES string of the molecule is CCCCCCCCCCCCCC1CC2CCCCC12. The van der Waals surface area contributed by atoms with Crippen LogP contribution < -0.4 is 0 Å². The third-order valence-corrected chi connectivity index (χ3v) is 6.36. The first-order valence-electron chi connectivity index (χ1n) is 10.4. The lowest BCUT2D eigenvalue weighted by Gasteiger charge is -2.48. The van der Waals surface area contributed by atoms with Gasteiger partial charge in [0.2, 0.25) is 0 Å². The van der Waals surface area contributed by atoms with Crippen molar-refractivity contribution in [1.82, 2.24) is 0 Å². The van der Waals surface area contributed by atoms with Crippen LogP contribution in [-0.4, -0.2) is 0 Å². The zero-order valence-electron chi connectivity index (χ0n) is 14.8. The molecule has 2 aliphatic rings. The lowest BCUT2D eigenvalue weighted by atomic mass is 9.57. The molecule has 0 bridgehead atoms. The Morgan fingerprint density at radius 2 is 1.24 bits per heavy atom. The largest absolute Gasteiger partial charge is 0.0654 e. The quantitative estimate of drug-likeness (QED) is 0.326. The molecular formula is C21H40. The molecule has 0 heterocycles. The van der Waals surface area contributed by atoms with Crippen molar-refractivity contribution in [2.75, 3.05) is 0 Å². The molecule has 2 rings (SSSR count). The van der Waals surface area contributed by atoms with Gasteiger partial charge in [0, 0.05) is 0 Å². The van der Waals surface area contributed by atoms with Crippen LogP contribution in [0.2, 0.25) is 0 Å². The first-order chi connectivity index (χ1) is 10.4. The van der Waals surface area contributed by atoms with E-state index >= 15 is 0 Å². The number of hydrogen-bond acceptors (Lipinski definition) is 0. The van der Waals surface area contributed by atoms with E-state index in [0.717, 1.165) is 11.8 Å². The summed E-state index contributed by atoms with van der Waals surface area (Å²) in [6, 6.07) is 0. The van der Waals surface area contributed by atoms with Crippen molar-refractivity contribution in [2.45, 2.75) is 116 Å². The topological polar surface area (TPSA) is 0 Å². The van der Waals surface area contributed by atoms with Gasteiger partial charge in [-0.25, -0.2) is 0 Å². The summed E-state index contributed by atoms with van der Waals surface area (Å²) in [6.45, 7) is 2.30. The maximum Gasteiger partial charge on any atom is -0.0357 e. The summed E-state index contributed by atoms with van der Waals surface area (Å²) >= 11 is 0. The lowest BCUT2D eigenvalue weighted by molar-refractivity contribution is 0.0225. The van der Waals surface area contributed by atoms with Crippen LogP contribution in [0.4, 0.5) is 0 Å². The fourth-order valence-corrected chi connectivity index (χ4v) is 4.92. The summed E-state index contributed by atoms with van der Waals surface area (Å²) in [5.41, 5.74) is 0. The average Bonchev–Trinajstić information content (AvgIpc) is 2.49. The highest BCUT2D eigenvalue weighted by atomic mass is 14.5. The van der Waals surface area contributed by atoms with Gasteiger partial charge in [0.1, 0.15) is 0 Å². The van der Waals surface area contributed by atoms with Gasteiger partial charge in [0.15, 0.2) is 0 Å². The van der Waals surface area contributed by atoms with Crippen molar-refractivity contribution < 1.29 is 0 Å². The molecule has 21 heavy (non-hydrogen) atoms. The molecule has 0 heteroatoms. The molecule has 0 aromatic heterocycles. The first kappa shape index (κ1) is 17.4. The number of hydrogen-bond donors (Lipinski definition) is 0. The van der Waals surface area contributed by atoms with Crippen LogP contribution in [0.25, 0.3) is 0 Å². The maximum absolute atomic E-state index is 2.30. The van der Waals surface area contributed by atoms with Gasteiger partial charge in [-0.2, -0.15) is 0 Å². The minimum atomic E-state index is 1.15. The zero-order chi connectivity index (χ0) is 14.8. The van der Waals surface area contributed by atoms with E-state index in [2.05, 4.69) is 6.92 Å². The van der Waals surface area contributed by atoms with Gasteiger partial charge in [0.25, 0.3) is 0 Å². The van der Waals surface area contributed by atoms with Gasteiger partial charge in [0.05, 0.1) is 0 Å². The highest BCUT2D eigenvalue weighted by Gasteiger charge is 2.40. The summed E-state index contributed by atoms with van der Waals surface area (Å²) in [5.74, 6) is 3.48. The molecule has 3 unspecified atom stereocenters. The number of rotatable bonds is 12. The van der Waals surface area contributed by atoms with Crippen molar-refractivity contribution in [3.63, 3.8) is 0 Å². The molecule has 2 aliphatic carbocycles. The second kappa shape index (κ2) is 10.7. The molecule has 0 aromatic carbocycles. The molecule has 0 nitrogen and oxygen atoms in total. The monoisotopic (exact) mass is 292 g/mol. The van der Waals surface area contributed by atoms with E-state index in [1.165, 1.54) is 89.4 Å². The van der Waals surface area contributed by atoms with Crippen molar-refractivity contribution in [3.05, 3.63) is 0 Å². The highest BCUT2D eigenvalue weighted by Crippen LogP contribution is 2.51. The van der Waals surface area contributed by atoms with Crippen molar-refractivity contribution in [2.24, 2.45) is 17.8 Å². The normalized spacial score (nSPS) is 28.1. The second-order valence-electron chi connectivity index (χ2n) is 8.03. The van der Waals surface area contributed by atoms with Gasteiger partial charge in [-0.15, -0.1) is 0 Å². The van der Waals surface area contributed by atoms with Gasteiger partial charge >= 0.3 is 0 Å². The van der Waals surface area contributed by atoms with Crippen molar-refractivity contribution >= 4 is 0 Å². The molecular weight excluding hydrogens is 252 g/mol. The summed E-state index contributed by atoms with van der Waals surface area (Å²) in [6.07, 6.45) is 25.7. The van der Waals surface area contributed by atoms with Crippen LogP contribution in [0.3, 0.4) is 0 Å². The zero-order valence-corrected chi connectivity index (χ0v) is 14.8. The van der Waals surface area contributed by atoms with Crippen LogP contribution in [0.1, 0.15) is 116 Å². The fourth-order valence-electron chi connectivity index (χ4n) is 4.92. The van der Waals surface area contributed by atoms with Crippen molar-refractivity contribution in [3.8, 4) is 0 Å². The second-order valence-corrected chi connectivity index (χ2v) is 8.03. The van der Waals surface area contributed by atoms with Crippen LogP contribution in [0.5, 0.6) is 0 Å². The van der Waals surface area contributed by atoms with E-state index in [1.807, 2.05) is 0 Å². The number of fused-ring (bicyclic) bond motifs is 1. The van der Waals surface area contributed by atoms with Gasteiger partial charge in [-0.05, 0) is 30.6 Å². The minimum Gasteiger partial charge on any atom is -0.0654 e.